The van der Waals surface area contributed by atoms with Gasteiger partial charge in [-0.25, -0.2) is 9.36 Å². The summed E-state index contributed by atoms with van der Waals surface area (Å²) in [6, 6.07) is 21.4. The average molecular weight is 593 g/mol. The van der Waals surface area contributed by atoms with Gasteiger partial charge in [0.25, 0.3) is 5.69 Å². The Morgan fingerprint density at radius 1 is 0.976 bits per heavy atom. The van der Waals surface area contributed by atoms with Gasteiger partial charge in [0.15, 0.2) is 0 Å². The molecular weight excluding hydrogens is 563 g/mol. The molecule has 0 aliphatic carbocycles. The van der Waals surface area contributed by atoms with Crippen LogP contribution in [0.25, 0.3) is 0 Å². The number of nitro benzene ring substituents is 1. The van der Waals surface area contributed by atoms with Gasteiger partial charge in [0.1, 0.15) is 29.1 Å². The van der Waals surface area contributed by atoms with E-state index in [0.717, 1.165) is 0 Å². The number of nitrogens with zero attached hydrogens (tertiary/aromatic N) is 2. The van der Waals surface area contributed by atoms with Gasteiger partial charge in [0.2, 0.25) is 5.91 Å². The molecule has 12 heteroatoms. The molecule has 0 bridgehead atoms. The van der Waals surface area contributed by atoms with Crippen molar-refractivity contribution < 1.29 is 38.0 Å². The summed E-state index contributed by atoms with van der Waals surface area (Å²) in [5.74, 6) is -2.65. The Morgan fingerprint density at radius 3 is 1.98 bits per heavy atom. The number of carbonyl (C=O) groups excluding carboxylic acids is 2. The first kappa shape index (κ1) is 29.0. The molecule has 42 heavy (non-hydrogen) atoms. The first-order valence-electron chi connectivity index (χ1n) is 13.2. The molecule has 3 atom stereocenters. The van der Waals surface area contributed by atoms with Gasteiger partial charge < -0.3 is 23.8 Å². The van der Waals surface area contributed by atoms with Gasteiger partial charge in [-0.05, 0) is 55.8 Å². The molecular formula is C30H29N2O9P. The van der Waals surface area contributed by atoms with Crippen LogP contribution in [0.2, 0.25) is 0 Å². The maximum atomic E-state index is 14.9. The molecule has 0 spiro atoms. The third-order valence-corrected chi connectivity index (χ3v) is 9.39. The third kappa shape index (κ3) is 5.41. The van der Waals surface area contributed by atoms with Gasteiger partial charge in [-0.2, -0.15) is 0 Å². The Hall–Kier alpha value is -4.47. The van der Waals surface area contributed by atoms with Gasteiger partial charge >= 0.3 is 13.6 Å². The molecule has 1 saturated heterocycles. The summed E-state index contributed by atoms with van der Waals surface area (Å²) in [6.07, 6.45) is 0. The van der Waals surface area contributed by atoms with E-state index in [1.165, 1.54) is 43.0 Å². The summed E-state index contributed by atoms with van der Waals surface area (Å²) in [5, 5.41) is 21.7. The second kappa shape index (κ2) is 11.1. The number of aliphatic hydroxyl groups is 1. The van der Waals surface area contributed by atoms with E-state index in [0.29, 0.717) is 5.56 Å². The highest BCUT2D eigenvalue weighted by atomic mass is 31.2. The van der Waals surface area contributed by atoms with E-state index >= 15 is 0 Å². The van der Waals surface area contributed by atoms with Crippen molar-refractivity contribution in [2.75, 3.05) is 0 Å². The summed E-state index contributed by atoms with van der Waals surface area (Å²) in [6.45, 7) is 4.44. The zero-order chi connectivity index (χ0) is 30.2. The van der Waals surface area contributed by atoms with Gasteiger partial charge in [-0.3, -0.25) is 14.9 Å². The lowest BCUT2D eigenvalue weighted by molar-refractivity contribution is -0.384. The average Bonchev–Trinajstić information content (AvgIpc) is 3.20. The maximum absolute atomic E-state index is 14.9. The smallest absolute Gasteiger partial charge is 0.456 e. The van der Waals surface area contributed by atoms with E-state index in [1.54, 1.807) is 67.6 Å². The molecule has 0 saturated carbocycles. The van der Waals surface area contributed by atoms with Crippen molar-refractivity contribution in [3.05, 3.63) is 112 Å². The lowest BCUT2D eigenvalue weighted by atomic mass is 9.73. The Morgan fingerprint density at radius 2 is 1.50 bits per heavy atom. The first-order chi connectivity index (χ1) is 19.9. The van der Waals surface area contributed by atoms with Crippen LogP contribution in [0.3, 0.4) is 0 Å². The minimum Gasteiger partial charge on any atom is -0.456 e. The second-order valence-corrected chi connectivity index (χ2v) is 12.5. The molecule has 11 nitrogen and oxygen atoms in total. The Kier molecular flexibility index (Phi) is 7.66. The lowest BCUT2D eigenvalue weighted by Crippen LogP contribution is -2.66. The van der Waals surface area contributed by atoms with E-state index < -0.39 is 47.9 Å². The number of rotatable bonds is 10. The fourth-order valence-corrected chi connectivity index (χ4v) is 7.52. The summed E-state index contributed by atoms with van der Waals surface area (Å²) < 4.78 is 32.5. The van der Waals surface area contributed by atoms with Crippen LogP contribution < -0.4 is 9.05 Å². The van der Waals surface area contributed by atoms with Gasteiger partial charge in [-0.15, -0.1) is 0 Å². The predicted molar refractivity (Wildman–Crippen MR) is 151 cm³/mol. The molecule has 3 aromatic rings. The molecule has 1 amide bonds. The highest BCUT2D eigenvalue weighted by molar-refractivity contribution is 7.59. The maximum Gasteiger partial charge on any atom is 0.461 e. The Balaban J connectivity index is 1.57. The summed E-state index contributed by atoms with van der Waals surface area (Å²) in [4.78, 5) is 38.8. The number of amides is 1. The highest BCUT2D eigenvalue weighted by Gasteiger charge is 2.66. The van der Waals surface area contributed by atoms with Crippen LogP contribution in [-0.4, -0.2) is 38.4 Å². The molecule has 3 aromatic carbocycles. The molecule has 2 aliphatic heterocycles. The summed E-state index contributed by atoms with van der Waals surface area (Å²) >= 11 is 0. The molecule has 1 N–H and O–H groups in total. The van der Waals surface area contributed by atoms with Gasteiger partial charge in [0.05, 0.1) is 22.5 Å². The molecule has 0 radical (unpaired) electrons. The fraction of sp³-hybridized carbons (Fsp3) is 0.267. The minimum atomic E-state index is -4.40. The Bertz CT molecular complexity index is 1540. The predicted octanol–water partition coefficient (Wildman–Crippen LogP) is 5.45. The zero-order valence-corrected chi connectivity index (χ0v) is 24.0. The number of non-ortho nitro benzene ring substituents is 1. The van der Waals surface area contributed by atoms with Gasteiger partial charge in [-0.1, -0.05) is 43.3 Å². The van der Waals surface area contributed by atoms with Crippen LogP contribution in [0.4, 0.5) is 5.69 Å². The number of hydrogen-bond donors (Lipinski definition) is 1. The normalized spacial score (nSPS) is 20.0. The van der Waals surface area contributed by atoms with E-state index in [4.69, 9.17) is 13.8 Å². The zero-order valence-electron chi connectivity index (χ0n) is 23.1. The quantitative estimate of drug-likeness (QED) is 0.107. The second-order valence-electron chi connectivity index (χ2n) is 10.7. The van der Waals surface area contributed by atoms with Crippen molar-refractivity contribution in [3.8, 4) is 11.5 Å². The van der Waals surface area contributed by atoms with Crippen molar-refractivity contribution in [1.82, 2.24) is 4.90 Å². The van der Waals surface area contributed by atoms with Crippen LogP contribution in [0.5, 0.6) is 11.5 Å². The minimum absolute atomic E-state index is 0.0472. The summed E-state index contributed by atoms with van der Waals surface area (Å²) in [5.41, 5.74) is -1.36. The molecule has 2 aliphatic rings. The van der Waals surface area contributed by atoms with E-state index in [-0.39, 0.29) is 34.8 Å². The van der Waals surface area contributed by atoms with E-state index in [2.05, 4.69) is 0 Å². The van der Waals surface area contributed by atoms with Crippen molar-refractivity contribution >= 4 is 25.2 Å². The monoisotopic (exact) mass is 592 g/mol. The Labute approximate surface area is 242 Å². The first-order valence-corrected chi connectivity index (χ1v) is 14.7. The number of β-lactam (4-membered cyclic amide) rings is 1. The van der Waals surface area contributed by atoms with Crippen LogP contribution in [-0.2, 0) is 25.5 Å². The number of esters is 1. The SMILES string of the molecule is C[C@H]1C(P(=O)(Oc2ccccc2)Oc2ccccc2)=C(C(=O)OCc2ccc([N+](=O)[O-])cc2)N2C(=O)[C@H](C(C)(C)O)[C@@H]12. The van der Waals surface area contributed by atoms with Crippen LogP contribution in [0.15, 0.2) is 95.9 Å². The molecule has 5 rings (SSSR count). The lowest BCUT2D eigenvalue weighted by Gasteiger charge is -2.50. The largest absolute Gasteiger partial charge is 0.461 e. The number of benzene rings is 3. The molecule has 2 heterocycles. The number of ether oxygens (including phenoxy) is 1. The highest BCUT2D eigenvalue weighted by Crippen LogP contribution is 2.65. The number of fused-ring (bicyclic) bond motifs is 1. The van der Waals surface area contributed by atoms with E-state index in [1.807, 2.05) is 0 Å². The van der Waals surface area contributed by atoms with Crippen LogP contribution >= 0.6 is 7.60 Å². The molecule has 1 fully saturated rings. The van der Waals surface area contributed by atoms with Crippen LogP contribution in [0, 0.1) is 22.0 Å². The van der Waals surface area contributed by atoms with Crippen molar-refractivity contribution in [3.63, 3.8) is 0 Å². The van der Waals surface area contributed by atoms with E-state index in [9.17, 15) is 29.4 Å². The standard InChI is InChI=1S/C30H29N2O9P/c1-19-25-24(30(2,3)35)28(33)31(25)26(29(34)39-18-20-14-16-21(17-15-20)32(36)37)27(19)42(38,40-22-10-6-4-7-11-22)41-23-12-8-5-9-13-23/h4-17,19,24-25,35H,18H2,1-3H3/t19-,24-,25-/m1/s1. The molecule has 0 unspecified atom stereocenters. The number of nitro groups is 1. The van der Waals surface area contributed by atoms with Crippen molar-refractivity contribution in [1.29, 1.82) is 0 Å². The number of hydrogen-bond acceptors (Lipinski definition) is 9. The third-order valence-electron chi connectivity index (χ3n) is 7.27. The van der Waals surface area contributed by atoms with Crippen molar-refractivity contribution in [2.24, 2.45) is 11.8 Å². The fourth-order valence-electron chi connectivity index (χ4n) is 5.37. The molecule has 0 aromatic heterocycles. The van der Waals surface area contributed by atoms with Crippen molar-refractivity contribution in [2.45, 2.75) is 39.0 Å². The van der Waals surface area contributed by atoms with Crippen LogP contribution in [0.1, 0.15) is 26.3 Å². The topological polar surface area (TPSA) is 146 Å². The molecule has 218 valence electrons. The number of carbonyl (C=O) groups is 2. The van der Waals surface area contributed by atoms with Gasteiger partial charge in [0, 0.05) is 18.1 Å². The summed E-state index contributed by atoms with van der Waals surface area (Å²) in [7, 11) is -4.40. The number of para-hydroxylation sites is 2.